The Morgan fingerprint density at radius 2 is 1.24 bits per heavy atom. The van der Waals surface area contributed by atoms with Gasteiger partial charge >= 0.3 is 6.09 Å². The van der Waals surface area contributed by atoms with Gasteiger partial charge in [0.15, 0.2) is 0 Å². The number of halogens is 3. The molecule has 288 valence electrons. The van der Waals surface area contributed by atoms with Gasteiger partial charge in [-0.1, -0.05) is 20.8 Å². The van der Waals surface area contributed by atoms with Gasteiger partial charge in [-0.05, 0) is 48.9 Å². The van der Waals surface area contributed by atoms with Gasteiger partial charge in [0.25, 0.3) is 0 Å². The van der Waals surface area contributed by atoms with Crippen LogP contribution in [0.5, 0.6) is 0 Å². The zero-order valence-corrected chi connectivity index (χ0v) is 34.6. The monoisotopic (exact) mass is 874 g/mol. The lowest BCUT2D eigenvalue weighted by Crippen LogP contribution is -2.36. The van der Waals surface area contributed by atoms with Crippen LogP contribution < -0.4 is 5.32 Å². The molecule has 0 aliphatic rings. The number of nitrogens with zero attached hydrogens (tertiary/aromatic N) is 5. The highest BCUT2D eigenvalue weighted by Crippen LogP contribution is 2.41. The van der Waals surface area contributed by atoms with E-state index in [2.05, 4.69) is 25.3 Å². The second-order valence-corrected chi connectivity index (χ2v) is 21.0. The van der Waals surface area contributed by atoms with E-state index in [1.165, 1.54) is 54.0 Å². The topological polar surface area (TPSA) is 172 Å². The molecule has 6 aromatic heterocycles. The summed E-state index contributed by atoms with van der Waals surface area (Å²) in [5.41, 5.74) is 0.385. The summed E-state index contributed by atoms with van der Waals surface area (Å²) in [5.74, 6) is -1.50. The number of hydrogen-bond acceptors (Lipinski definition) is 14. The number of nitrogens with one attached hydrogen (secondary N) is 1. The van der Waals surface area contributed by atoms with E-state index in [1.807, 2.05) is 20.8 Å². The number of aromatic nitrogens is 4. The fourth-order valence-corrected chi connectivity index (χ4v) is 13.3. The molecule has 1 amide bonds. The molecule has 12 nitrogen and oxygen atoms in total. The van der Waals surface area contributed by atoms with Gasteiger partial charge in [0.2, 0.25) is 40.2 Å². The summed E-state index contributed by atoms with van der Waals surface area (Å²) >= 11 is 4.03. The Balaban J connectivity index is 0.000000244. The molecule has 6 rings (SSSR count). The van der Waals surface area contributed by atoms with Crippen molar-refractivity contribution in [2.45, 2.75) is 51.0 Å². The summed E-state index contributed by atoms with van der Waals surface area (Å²) in [5, 5.41) is 15.7. The molecule has 0 fully saturated rings. The highest BCUT2D eigenvalue weighted by Gasteiger charge is 2.31. The quantitative estimate of drug-likeness (QED) is 0.120. The summed E-state index contributed by atoms with van der Waals surface area (Å²) < 4.78 is 80.3. The maximum absolute atomic E-state index is 14.4. The molecular formula is C33H33ClF2N6O6S6. The maximum Gasteiger partial charge on any atom is 0.407 e. The molecule has 0 aliphatic heterocycles. The molecule has 0 spiro atoms. The minimum Gasteiger partial charge on any atom is -0.465 e. The van der Waals surface area contributed by atoms with Crippen LogP contribution in [-0.4, -0.2) is 66.5 Å². The smallest absolute Gasteiger partial charge is 0.407 e. The number of pyridine rings is 2. The van der Waals surface area contributed by atoms with Crippen molar-refractivity contribution in [3.63, 3.8) is 0 Å². The number of carbonyl (C=O) groups is 1. The average molecular weight is 876 g/mol. The molecule has 6 aromatic rings. The normalized spacial score (nSPS) is 11.7. The summed E-state index contributed by atoms with van der Waals surface area (Å²) in [7, 11) is -6.02. The minimum atomic E-state index is -4.00. The number of thiazole rings is 2. The van der Waals surface area contributed by atoms with Crippen molar-refractivity contribution in [3.8, 4) is 22.3 Å². The zero-order chi connectivity index (χ0) is 38.6. The van der Waals surface area contributed by atoms with Crippen LogP contribution >= 0.6 is 57.8 Å². The van der Waals surface area contributed by atoms with Gasteiger partial charge in [-0.3, -0.25) is 0 Å². The molecule has 0 radical (unpaired) electrons. The van der Waals surface area contributed by atoms with Crippen LogP contribution in [0, 0.1) is 17.3 Å². The Bertz CT molecular complexity index is 2420. The van der Waals surface area contributed by atoms with Gasteiger partial charge in [-0.15, -0.1) is 57.8 Å². The van der Waals surface area contributed by atoms with Gasteiger partial charge in [0, 0.05) is 80.6 Å². The van der Waals surface area contributed by atoms with Crippen LogP contribution in [0.15, 0.2) is 89.0 Å². The van der Waals surface area contributed by atoms with E-state index in [9.17, 15) is 35.5 Å². The number of carboxylic acid groups (broad SMARTS) is 1. The third kappa shape index (κ3) is 9.91. The average Bonchev–Trinajstić information content (AvgIpc) is 3.92. The standard InChI is InChI=1S/C19H20FN3O4S3.C14H12FN3O2S3.ClH/c1-19(2,3)11-23(18(24)25)10-12-9-14(13-5-4-6-21-15(13)20)16(29-12)30(26,27)17-22-7-8-28-17;1-16-8-9-7-11(10-3-2-4-17-12(10)15)13(22-9)23(19,20)14-18-5-6-21-14;/h4-9H,10-11H2,1-3H3,(H,24,25);2-7,16H,8H2,1H3;1H. The summed E-state index contributed by atoms with van der Waals surface area (Å²) in [6.07, 6.45) is 4.30. The first-order chi connectivity index (χ1) is 25.0. The Morgan fingerprint density at radius 1 is 0.778 bits per heavy atom. The number of amides is 1. The lowest BCUT2D eigenvalue weighted by molar-refractivity contribution is 0.123. The third-order valence-electron chi connectivity index (χ3n) is 7.00. The van der Waals surface area contributed by atoms with Crippen molar-refractivity contribution in [1.29, 1.82) is 0 Å². The molecular weight excluding hydrogens is 842 g/mol. The lowest BCUT2D eigenvalue weighted by Gasteiger charge is -2.27. The number of hydrogen-bond donors (Lipinski definition) is 2. The molecule has 0 unspecified atom stereocenters. The highest BCUT2D eigenvalue weighted by atomic mass is 35.5. The first kappa shape index (κ1) is 43.0. The SMILES string of the molecule is CC(C)(C)CN(Cc1cc(-c2cccnc2F)c(S(=O)(=O)c2nccs2)s1)C(=O)O.CNCc1cc(-c2cccnc2F)c(S(=O)(=O)c2nccs2)s1.Cl. The van der Waals surface area contributed by atoms with Crippen LogP contribution in [0.3, 0.4) is 0 Å². The Morgan fingerprint density at radius 3 is 1.63 bits per heavy atom. The largest absolute Gasteiger partial charge is 0.465 e. The Hall–Kier alpha value is -3.76. The fourth-order valence-electron chi connectivity index (χ4n) is 4.93. The summed E-state index contributed by atoms with van der Waals surface area (Å²) in [4.78, 5) is 29.2. The van der Waals surface area contributed by atoms with E-state index < -0.39 is 37.7 Å². The van der Waals surface area contributed by atoms with Crippen molar-refractivity contribution in [1.82, 2.24) is 30.2 Å². The molecule has 0 aromatic carbocycles. The zero-order valence-electron chi connectivity index (χ0n) is 28.9. The molecule has 21 heteroatoms. The first-order valence-corrected chi connectivity index (χ1v) is 21.8. The van der Waals surface area contributed by atoms with E-state index >= 15 is 0 Å². The second-order valence-electron chi connectivity index (χ2n) is 12.3. The van der Waals surface area contributed by atoms with Crippen molar-refractivity contribution >= 4 is 83.5 Å². The third-order valence-corrected chi connectivity index (χ3v) is 16.2. The molecule has 0 saturated carbocycles. The summed E-state index contributed by atoms with van der Waals surface area (Å²) in [6.45, 7) is 6.46. The minimum absolute atomic E-state index is 0. The van der Waals surface area contributed by atoms with Gasteiger partial charge < -0.3 is 15.3 Å². The Labute approximate surface area is 332 Å². The molecule has 0 bridgehead atoms. The van der Waals surface area contributed by atoms with Crippen molar-refractivity contribution < 1.29 is 35.5 Å². The van der Waals surface area contributed by atoms with Crippen LogP contribution in [0.1, 0.15) is 30.5 Å². The van der Waals surface area contributed by atoms with Gasteiger partial charge in [-0.2, -0.15) is 8.78 Å². The number of thiophene rings is 2. The number of sulfone groups is 2. The Kier molecular flexibility index (Phi) is 14.2. The molecule has 2 N–H and O–H groups in total. The van der Waals surface area contributed by atoms with Crippen LogP contribution in [0.2, 0.25) is 0 Å². The van der Waals surface area contributed by atoms with E-state index in [1.54, 1.807) is 29.9 Å². The summed E-state index contributed by atoms with van der Waals surface area (Å²) in [6, 6.07) is 9.26. The molecule has 6 heterocycles. The fraction of sp³-hybridized carbons (Fsp3) is 0.242. The van der Waals surface area contributed by atoms with Gasteiger partial charge in [0.05, 0.1) is 6.54 Å². The van der Waals surface area contributed by atoms with Crippen LogP contribution in [0.25, 0.3) is 22.3 Å². The molecule has 0 aliphatic carbocycles. The second kappa shape index (κ2) is 17.8. The van der Waals surface area contributed by atoms with Gasteiger partial charge in [-0.25, -0.2) is 41.6 Å². The van der Waals surface area contributed by atoms with Crippen molar-refractivity contribution in [3.05, 3.63) is 93.6 Å². The molecule has 54 heavy (non-hydrogen) atoms. The van der Waals surface area contributed by atoms with E-state index in [4.69, 9.17) is 0 Å². The van der Waals surface area contributed by atoms with E-state index in [0.29, 0.717) is 17.0 Å². The maximum atomic E-state index is 14.4. The van der Waals surface area contributed by atoms with E-state index in [-0.39, 0.29) is 64.7 Å². The predicted molar refractivity (Wildman–Crippen MR) is 208 cm³/mol. The van der Waals surface area contributed by atoms with Crippen LogP contribution in [-0.2, 0) is 32.8 Å². The molecule has 0 atom stereocenters. The van der Waals surface area contributed by atoms with Crippen molar-refractivity contribution in [2.75, 3.05) is 13.6 Å². The lowest BCUT2D eigenvalue weighted by atomic mass is 9.96. The van der Waals surface area contributed by atoms with Gasteiger partial charge in [0.1, 0.15) is 8.42 Å². The number of rotatable bonds is 11. The first-order valence-electron chi connectivity index (χ1n) is 15.4. The van der Waals surface area contributed by atoms with E-state index in [0.717, 1.165) is 50.2 Å². The predicted octanol–water partition coefficient (Wildman–Crippen LogP) is 8.14. The van der Waals surface area contributed by atoms with Crippen LogP contribution in [0.4, 0.5) is 13.6 Å². The van der Waals surface area contributed by atoms with Crippen molar-refractivity contribution in [2.24, 2.45) is 5.41 Å². The highest BCUT2D eigenvalue weighted by molar-refractivity contribution is 7.95. The molecule has 0 saturated heterocycles.